The Balaban J connectivity index is 1.95. The van der Waals surface area contributed by atoms with E-state index in [1.165, 1.54) is 44.1 Å². The summed E-state index contributed by atoms with van der Waals surface area (Å²) in [6.07, 6.45) is 7.82. The molecule has 0 bridgehead atoms. The van der Waals surface area contributed by atoms with Gasteiger partial charge >= 0.3 is 0 Å². The predicted molar refractivity (Wildman–Crippen MR) is 82.3 cm³/mol. The fourth-order valence-corrected chi connectivity index (χ4v) is 2.54. The van der Waals surface area contributed by atoms with Gasteiger partial charge < -0.3 is 10.3 Å². The van der Waals surface area contributed by atoms with E-state index in [2.05, 4.69) is 41.6 Å². The minimum absolute atomic E-state index is 0.647. The maximum atomic E-state index is 6.02. The maximum Gasteiger partial charge on any atom is 0.201 e. The van der Waals surface area contributed by atoms with Crippen LogP contribution in [0.25, 0.3) is 11.0 Å². The Labute approximate surface area is 115 Å². The van der Waals surface area contributed by atoms with E-state index < -0.39 is 0 Å². The second-order valence-electron chi connectivity index (χ2n) is 5.38. The molecule has 2 aromatic rings. The number of imidazole rings is 1. The third kappa shape index (κ3) is 3.49. The molecule has 0 aliphatic carbocycles. The van der Waals surface area contributed by atoms with Gasteiger partial charge in [-0.2, -0.15) is 0 Å². The molecule has 2 rings (SSSR count). The molecule has 0 atom stereocenters. The van der Waals surface area contributed by atoms with Crippen LogP contribution in [-0.4, -0.2) is 9.55 Å². The first-order valence-electron chi connectivity index (χ1n) is 7.44. The summed E-state index contributed by atoms with van der Waals surface area (Å²) in [7, 11) is 0. The van der Waals surface area contributed by atoms with Crippen LogP contribution in [0.1, 0.15) is 51.0 Å². The Morgan fingerprint density at radius 3 is 2.63 bits per heavy atom. The van der Waals surface area contributed by atoms with E-state index in [-0.39, 0.29) is 0 Å². The van der Waals surface area contributed by atoms with E-state index in [0.717, 1.165) is 17.6 Å². The van der Waals surface area contributed by atoms with Gasteiger partial charge in [0.05, 0.1) is 11.0 Å². The number of aromatic nitrogens is 2. The highest BCUT2D eigenvalue weighted by Crippen LogP contribution is 2.20. The highest BCUT2D eigenvalue weighted by atomic mass is 15.1. The summed E-state index contributed by atoms with van der Waals surface area (Å²) in [6.45, 7) is 5.32. The van der Waals surface area contributed by atoms with Crippen LogP contribution < -0.4 is 5.73 Å². The molecule has 0 unspecified atom stereocenters. The summed E-state index contributed by atoms with van der Waals surface area (Å²) in [5.41, 5.74) is 9.43. The predicted octanol–water partition coefficient (Wildman–Crippen LogP) is 4.29. The number of hydrogen-bond donors (Lipinski definition) is 1. The van der Waals surface area contributed by atoms with Gasteiger partial charge in [-0.3, -0.25) is 0 Å². The summed E-state index contributed by atoms with van der Waals surface area (Å²) in [4.78, 5) is 4.44. The minimum Gasteiger partial charge on any atom is -0.369 e. The normalized spacial score (nSPS) is 11.3. The fourth-order valence-electron chi connectivity index (χ4n) is 2.54. The topological polar surface area (TPSA) is 43.8 Å². The molecule has 0 amide bonds. The molecule has 1 heterocycles. The number of unbranched alkanes of at least 4 members (excludes halogenated alkanes) is 5. The van der Waals surface area contributed by atoms with Gasteiger partial charge in [0, 0.05) is 6.54 Å². The van der Waals surface area contributed by atoms with Gasteiger partial charge in [0.1, 0.15) is 0 Å². The summed E-state index contributed by atoms with van der Waals surface area (Å²) < 4.78 is 2.15. The average molecular weight is 259 g/mol. The van der Waals surface area contributed by atoms with Crippen molar-refractivity contribution in [2.75, 3.05) is 5.73 Å². The van der Waals surface area contributed by atoms with Gasteiger partial charge in [0.25, 0.3) is 0 Å². The Morgan fingerprint density at radius 1 is 1.11 bits per heavy atom. The van der Waals surface area contributed by atoms with E-state index in [0.29, 0.717) is 5.95 Å². The molecule has 3 heteroatoms. The van der Waals surface area contributed by atoms with Crippen LogP contribution in [-0.2, 0) is 6.54 Å². The number of anilines is 1. The highest BCUT2D eigenvalue weighted by molar-refractivity contribution is 5.79. The Kier molecular flexibility index (Phi) is 4.83. The molecule has 2 N–H and O–H groups in total. The van der Waals surface area contributed by atoms with Crippen molar-refractivity contribution in [2.24, 2.45) is 0 Å². The minimum atomic E-state index is 0.647. The van der Waals surface area contributed by atoms with Crippen molar-refractivity contribution >= 4 is 17.0 Å². The van der Waals surface area contributed by atoms with Crippen molar-refractivity contribution in [3.63, 3.8) is 0 Å². The van der Waals surface area contributed by atoms with Crippen LogP contribution in [0.2, 0.25) is 0 Å². The van der Waals surface area contributed by atoms with Crippen LogP contribution in [0.15, 0.2) is 18.2 Å². The van der Waals surface area contributed by atoms with Crippen molar-refractivity contribution in [3.05, 3.63) is 23.8 Å². The van der Waals surface area contributed by atoms with Crippen molar-refractivity contribution in [1.82, 2.24) is 9.55 Å². The van der Waals surface area contributed by atoms with Crippen molar-refractivity contribution in [3.8, 4) is 0 Å². The smallest absolute Gasteiger partial charge is 0.201 e. The zero-order valence-electron chi connectivity index (χ0n) is 12.2. The number of benzene rings is 1. The molecule has 0 aliphatic rings. The van der Waals surface area contributed by atoms with Crippen LogP contribution in [0.4, 0.5) is 5.95 Å². The quantitative estimate of drug-likeness (QED) is 0.754. The van der Waals surface area contributed by atoms with Gasteiger partial charge in [0.15, 0.2) is 0 Å². The maximum absolute atomic E-state index is 6.02. The monoisotopic (exact) mass is 259 g/mol. The summed E-state index contributed by atoms with van der Waals surface area (Å²) >= 11 is 0. The van der Waals surface area contributed by atoms with Gasteiger partial charge in [0.2, 0.25) is 5.95 Å². The van der Waals surface area contributed by atoms with Crippen LogP contribution in [0.5, 0.6) is 0 Å². The summed E-state index contributed by atoms with van der Waals surface area (Å²) in [6, 6.07) is 6.36. The fraction of sp³-hybridized carbons (Fsp3) is 0.562. The molecule has 0 aliphatic heterocycles. The van der Waals surface area contributed by atoms with Crippen molar-refractivity contribution < 1.29 is 0 Å². The van der Waals surface area contributed by atoms with Gasteiger partial charge in [-0.05, 0) is 31.0 Å². The van der Waals surface area contributed by atoms with E-state index in [4.69, 9.17) is 5.73 Å². The standard InChI is InChI=1S/C16H25N3/c1-3-4-5-6-7-8-11-19-15-10-9-13(2)12-14(15)18-16(19)17/h9-10,12H,3-8,11H2,1-2H3,(H2,17,18). The second-order valence-corrected chi connectivity index (χ2v) is 5.38. The van der Waals surface area contributed by atoms with E-state index in [1.807, 2.05) is 0 Å². The largest absolute Gasteiger partial charge is 0.369 e. The first-order chi connectivity index (χ1) is 9.22. The summed E-state index contributed by atoms with van der Waals surface area (Å²) in [5.74, 6) is 0.647. The zero-order valence-corrected chi connectivity index (χ0v) is 12.2. The third-order valence-electron chi connectivity index (χ3n) is 3.67. The number of nitrogens with two attached hydrogens (primary N) is 1. The molecule has 0 fully saturated rings. The third-order valence-corrected chi connectivity index (χ3v) is 3.67. The van der Waals surface area contributed by atoms with Crippen molar-refractivity contribution in [2.45, 2.75) is 58.9 Å². The lowest BCUT2D eigenvalue weighted by Gasteiger charge is -2.06. The Hall–Kier alpha value is -1.51. The lowest BCUT2D eigenvalue weighted by atomic mass is 10.1. The number of nitrogens with zero attached hydrogens (tertiary/aromatic N) is 2. The Morgan fingerprint density at radius 2 is 1.84 bits per heavy atom. The number of nitrogen functional groups attached to an aromatic ring is 1. The molecule has 0 radical (unpaired) electrons. The first kappa shape index (κ1) is 13.9. The lowest BCUT2D eigenvalue weighted by Crippen LogP contribution is -2.03. The lowest BCUT2D eigenvalue weighted by molar-refractivity contribution is 0.567. The first-order valence-corrected chi connectivity index (χ1v) is 7.44. The number of aryl methyl sites for hydroxylation is 2. The molecule has 1 aromatic heterocycles. The number of fused-ring (bicyclic) bond motifs is 1. The van der Waals surface area contributed by atoms with E-state index in [9.17, 15) is 0 Å². The molecule has 3 nitrogen and oxygen atoms in total. The second kappa shape index (κ2) is 6.60. The Bertz CT molecular complexity index is 528. The molecule has 19 heavy (non-hydrogen) atoms. The number of rotatable bonds is 7. The highest BCUT2D eigenvalue weighted by Gasteiger charge is 2.07. The van der Waals surface area contributed by atoms with Crippen LogP contribution in [0.3, 0.4) is 0 Å². The van der Waals surface area contributed by atoms with Crippen LogP contribution in [0, 0.1) is 6.92 Å². The number of hydrogen-bond acceptors (Lipinski definition) is 2. The molecule has 0 spiro atoms. The van der Waals surface area contributed by atoms with Crippen LogP contribution >= 0.6 is 0 Å². The molecule has 1 aromatic carbocycles. The van der Waals surface area contributed by atoms with Crippen molar-refractivity contribution in [1.29, 1.82) is 0 Å². The van der Waals surface area contributed by atoms with Gasteiger partial charge in [-0.1, -0.05) is 45.1 Å². The van der Waals surface area contributed by atoms with E-state index >= 15 is 0 Å². The SMILES string of the molecule is CCCCCCCCn1c(N)nc2cc(C)ccc21. The molecular formula is C16H25N3. The van der Waals surface area contributed by atoms with Gasteiger partial charge in [-0.15, -0.1) is 0 Å². The van der Waals surface area contributed by atoms with E-state index in [1.54, 1.807) is 0 Å². The summed E-state index contributed by atoms with van der Waals surface area (Å²) in [5, 5.41) is 0. The zero-order chi connectivity index (χ0) is 13.7. The molecule has 104 valence electrons. The molecule has 0 saturated carbocycles. The van der Waals surface area contributed by atoms with Gasteiger partial charge in [-0.25, -0.2) is 4.98 Å². The molecular weight excluding hydrogens is 234 g/mol. The molecule has 0 saturated heterocycles. The average Bonchev–Trinajstić information content (AvgIpc) is 2.69.